The number of nitrogens with zero attached hydrogens (tertiary/aromatic N) is 1. The first kappa shape index (κ1) is 14.3. The molecule has 5 nitrogen and oxygen atoms in total. The largest absolute Gasteiger partial charge is 0.479 e. The summed E-state index contributed by atoms with van der Waals surface area (Å²) in [7, 11) is 0. The zero-order valence-electron chi connectivity index (χ0n) is 10.2. The summed E-state index contributed by atoms with van der Waals surface area (Å²) >= 11 is 2.20. The second-order valence-electron chi connectivity index (χ2n) is 4.34. The van der Waals surface area contributed by atoms with Crippen molar-refractivity contribution < 1.29 is 19.4 Å². The number of carbonyl (C=O) groups excluding carboxylic acids is 1. The summed E-state index contributed by atoms with van der Waals surface area (Å²) in [6, 6.07) is 7.72. The second kappa shape index (κ2) is 6.33. The summed E-state index contributed by atoms with van der Waals surface area (Å²) in [5, 5.41) is 8.90. The zero-order valence-corrected chi connectivity index (χ0v) is 12.4. The highest BCUT2D eigenvalue weighted by Crippen LogP contribution is 2.12. The Labute approximate surface area is 124 Å². The average Bonchev–Trinajstić information content (AvgIpc) is 2.39. The van der Waals surface area contributed by atoms with Gasteiger partial charge in [0.2, 0.25) is 5.91 Å². The van der Waals surface area contributed by atoms with E-state index in [9.17, 15) is 9.59 Å². The van der Waals surface area contributed by atoms with Gasteiger partial charge in [0.25, 0.3) is 0 Å². The lowest BCUT2D eigenvalue weighted by atomic mass is 10.1. The Balaban J connectivity index is 1.98. The molecule has 0 aromatic heterocycles. The van der Waals surface area contributed by atoms with Gasteiger partial charge in [0.1, 0.15) is 0 Å². The van der Waals surface area contributed by atoms with E-state index >= 15 is 0 Å². The lowest BCUT2D eigenvalue weighted by molar-refractivity contribution is -0.159. The van der Waals surface area contributed by atoms with Crippen LogP contribution in [0.1, 0.15) is 5.56 Å². The topological polar surface area (TPSA) is 66.8 Å². The van der Waals surface area contributed by atoms with E-state index in [1.54, 1.807) is 4.90 Å². The highest BCUT2D eigenvalue weighted by Gasteiger charge is 2.28. The van der Waals surface area contributed by atoms with E-state index in [1.165, 1.54) is 0 Å². The average molecular weight is 375 g/mol. The third-order valence-corrected chi connectivity index (χ3v) is 3.61. The van der Waals surface area contributed by atoms with Gasteiger partial charge in [-0.1, -0.05) is 12.1 Å². The number of rotatable bonds is 3. The fourth-order valence-electron chi connectivity index (χ4n) is 1.96. The SMILES string of the molecule is O=C(O)C1CN(C(=O)Cc2cccc(I)c2)CCO1. The van der Waals surface area contributed by atoms with Gasteiger partial charge in [-0.25, -0.2) is 4.79 Å². The Hall–Kier alpha value is -1.15. The van der Waals surface area contributed by atoms with Gasteiger partial charge in [-0.05, 0) is 40.3 Å². The summed E-state index contributed by atoms with van der Waals surface area (Å²) in [4.78, 5) is 24.5. The number of hydrogen-bond donors (Lipinski definition) is 1. The molecule has 0 aliphatic carbocycles. The minimum atomic E-state index is -1.02. The van der Waals surface area contributed by atoms with Crippen molar-refractivity contribution in [2.24, 2.45) is 0 Å². The molecule has 1 fully saturated rings. The van der Waals surface area contributed by atoms with Gasteiger partial charge in [-0.15, -0.1) is 0 Å². The van der Waals surface area contributed by atoms with E-state index in [1.807, 2.05) is 24.3 Å². The first-order chi connectivity index (χ1) is 9.06. The monoisotopic (exact) mass is 375 g/mol. The predicted octanol–water partition coefficient (Wildman–Crippen LogP) is 1.15. The maximum Gasteiger partial charge on any atom is 0.334 e. The molecular formula is C13H14INO4. The molecule has 1 amide bonds. The summed E-state index contributed by atoms with van der Waals surface area (Å²) in [5.74, 6) is -1.08. The van der Waals surface area contributed by atoms with E-state index in [0.29, 0.717) is 13.0 Å². The van der Waals surface area contributed by atoms with Crippen LogP contribution in [0.3, 0.4) is 0 Å². The van der Waals surface area contributed by atoms with Gasteiger partial charge in [0.05, 0.1) is 19.6 Å². The lowest BCUT2D eigenvalue weighted by Gasteiger charge is -2.31. The van der Waals surface area contributed by atoms with Crippen molar-refractivity contribution >= 4 is 34.5 Å². The highest BCUT2D eigenvalue weighted by molar-refractivity contribution is 14.1. The van der Waals surface area contributed by atoms with Crippen LogP contribution in [0.15, 0.2) is 24.3 Å². The number of halogens is 1. The van der Waals surface area contributed by atoms with Crippen LogP contribution in [0, 0.1) is 3.57 Å². The number of carboxylic acid groups (broad SMARTS) is 1. The summed E-state index contributed by atoms with van der Waals surface area (Å²) in [5.41, 5.74) is 0.940. The standard InChI is InChI=1S/C13H14INO4/c14-10-3-1-2-9(6-10)7-12(16)15-4-5-19-11(8-15)13(17)18/h1-3,6,11H,4-5,7-8H2,(H,17,18). The Kier molecular flexibility index (Phi) is 4.76. The molecule has 0 spiro atoms. The van der Waals surface area contributed by atoms with Crippen molar-refractivity contribution in [2.75, 3.05) is 19.7 Å². The summed E-state index contributed by atoms with van der Waals surface area (Å²) in [6.07, 6.45) is -0.614. The van der Waals surface area contributed by atoms with Gasteiger partial charge in [0.15, 0.2) is 6.10 Å². The molecule has 102 valence electrons. The van der Waals surface area contributed by atoms with Crippen molar-refractivity contribution in [3.8, 4) is 0 Å². The first-order valence-electron chi connectivity index (χ1n) is 5.93. The van der Waals surface area contributed by atoms with Crippen LogP contribution in [0.5, 0.6) is 0 Å². The number of hydrogen-bond acceptors (Lipinski definition) is 3. The Morgan fingerprint density at radius 3 is 2.95 bits per heavy atom. The number of carboxylic acids is 1. The molecule has 1 aliphatic rings. The van der Waals surface area contributed by atoms with Gasteiger partial charge < -0.3 is 14.7 Å². The van der Waals surface area contributed by atoms with E-state index in [2.05, 4.69) is 22.6 Å². The maximum atomic E-state index is 12.1. The normalized spacial score (nSPS) is 19.2. The molecule has 1 aromatic rings. The Morgan fingerprint density at radius 1 is 1.47 bits per heavy atom. The van der Waals surface area contributed by atoms with Crippen LogP contribution < -0.4 is 0 Å². The summed E-state index contributed by atoms with van der Waals surface area (Å²) < 4.78 is 6.17. The Bertz CT molecular complexity index is 491. The first-order valence-corrected chi connectivity index (χ1v) is 7.01. The molecule has 0 radical (unpaired) electrons. The van der Waals surface area contributed by atoms with Gasteiger partial charge >= 0.3 is 5.97 Å². The van der Waals surface area contributed by atoms with Crippen LogP contribution in [0.25, 0.3) is 0 Å². The molecule has 1 aliphatic heterocycles. The van der Waals surface area contributed by atoms with Crippen LogP contribution in [-0.2, 0) is 20.7 Å². The predicted molar refractivity (Wildman–Crippen MR) is 76.8 cm³/mol. The quantitative estimate of drug-likeness (QED) is 0.805. The molecule has 1 aromatic carbocycles. The van der Waals surface area contributed by atoms with Crippen molar-refractivity contribution in [1.29, 1.82) is 0 Å². The number of amides is 1. The van der Waals surface area contributed by atoms with Crippen molar-refractivity contribution in [1.82, 2.24) is 4.90 Å². The maximum absolute atomic E-state index is 12.1. The smallest absolute Gasteiger partial charge is 0.334 e. The van der Waals surface area contributed by atoms with Gasteiger partial charge in [-0.2, -0.15) is 0 Å². The van der Waals surface area contributed by atoms with Gasteiger partial charge in [-0.3, -0.25) is 4.79 Å². The number of ether oxygens (including phenoxy) is 1. The molecule has 0 bridgehead atoms. The van der Waals surface area contributed by atoms with Gasteiger partial charge in [0, 0.05) is 10.1 Å². The minimum absolute atomic E-state index is 0.0587. The highest BCUT2D eigenvalue weighted by atomic mass is 127. The number of morpholine rings is 1. The third-order valence-electron chi connectivity index (χ3n) is 2.94. The molecule has 6 heteroatoms. The molecule has 1 unspecified atom stereocenters. The summed E-state index contributed by atoms with van der Waals surface area (Å²) in [6.45, 7) is 0.847. The van der Waals surface area contributed by atoms with E-state index in [-0.39, 0.29) is 19.1 Å². The zero-order chi connectivity index (χ0) is 13.8. The fraction of sp³-hybridized carbons (Fsp3) is 0.385. The van der Waals surface area contributed by atoms with Crippen LogP contribution >= 0.6 is 22.6 Å². The van der Waals surface area contributed by atoms with Crippen LogP contribution in [0.2, 0.25) is 0 Å². The van der Waals surface area contributed by atoms with Crippen LogP contribution in [0.4, 0.5) is 0 Å². The van der Waals surface area contributed by atoms with E-state index in [4.69, 9.17) is 9.84 Å². The number of benzene rings is 1. The van der Waals surface area contributed by atoms with Crippen molar-refractivity contribution in [3.63, 3.8) is 0 Å². The molecule has 2 rings (SSSR count). The molecule has 19 heavy (non-hydrogen) atoms. The lowest BCUT2D eigenvalue weighted by Crippen LogP contribution is -2.49. The van der Waals surface area contributed by atoms with Crippen molar-refractivity contribution in [3.05, 3.63) is 33.4 Å². The third kappa shape index (κ3) is 3.90. The molecule has 1 heterocycles. The molecule has 1 N–H and O–H groups in total. The molecule has 1 atom stereocenters. The molecule has 1 saturated heterocycles. The molecular weight excluding hydrogens is 361 g/mol. The van der Waals surface area contributed by atoms with E-state index < -0.39 is 12.1 Å². The van der Waals surface area contributed by atoms with Crippen molar-refractivity contribution in [2.45, 2.75) is 12.5 Å². The molecule has 0 saturated carbocycles. The van der Waals surface area contributed by atoms with E-state index in [0.717, 1.165) is 9.13 Å². The Morgan fingerprint density at radius 2 is 2.26 bits per heavy atom. The number of aliphatic carboxylic acids is 1. The number of carbonyl (C=O) groups is 2. The minimum Gasteiger partial charge on any atom is -0.479 e. The fourth-order valence-corrected chi connectivity index (χ4v) is 2.57. The van der Waals surface area contributed by atoms with Crippen LogP contribution in [-0.4, -0.2) is 47.7 Å². The second-order valence-corrected chi connectivity index (χ2v) is 5.59.